The summed E-state index contributed by atoms with van der Waals surface area (Å²) in [6.07, 6.45) is 0. The first-order valence-electron chi connectivity index (χ1n) is 5.37. The quantitative estimate of drug-likeness (QED) is 0.834. The van der Waals surface area contributed by atoms with Gasteiger partial charge < -0.3 is 10.2 Å². The Balaban J connectivity index is 2.73. The van der Waals surface area contributed by atoms with E-state index in [9.17, 15) is 5.11 Å². The molecule has 4 heteroatoms. The Labute approximate surface area is 101 Å². The van der Waals surface area contributed by atoms with Gasteiger partial charge in [0.1, 0.15) is 5.75 Å². The van der Waals surface area contributed by atoms with Crippen molar-refractivity contribution >= 4 is 11.6 Å². The standard InChI is InChI=1S/C12H18ClNO2/c1-9(2)14(5-6-15)8-10-3-4-12(16)11(13)7-10/h3-4,7,9,15-16H,5-6,8H2,1-2H3. The maximum absolute atomic E-state index is 9.30. The molecule has 0 fully saturated rings. The van der Waals surface area contributed by atoms with Crippen molar-refractivity contribution in [3.8, 4) is 5.75 Å². The van der Waals surface area contributed by atoms with E-state index in [4.69, 9.17) is 16.7 Å². The fourth-order valence-electron chi connectivity index (χ4n) is 1.53. The van der Waals surface area contributed by atoms with Crippen molar-refractivity contribution in [3.63, 3.8) is 0 Å². The molecule has 0 aliphatic rings. The monoisotopic (exact) mass is 243 g/mol. The number of nitrogens with zero attached hydrogens (tertiary/aromatic N) is 1. The molecule has 3 nitrogen and oxygen atoms in total. The Morgan fingerprint density at radius 1 is 1.38 bits per heavy atom. The highest BCUT2D eigenvalue weighted by Gasteiger charge is 2.10. The van der Waals surface area contributed by atoms with Crippen molar-refractivity contribution < 1.29 is 10.2 Å². The second-order valence-corrected chi connectivity index (χ2v) is 4.48. The zero-order valence-corrected chi connectivity index (χ0v) is 10.4. The maximum atomic E-state index is 9.30. The second kappa shape index (κ2) is 6.09. The number of hydrogen-bond acceptors (Lipinski definition) is 3. The van der Waals surface area contributed by atoms with Crippen molar-refractivity contribution in [2.45, 2.75) is 26.4 Å². The van der Waals surface area contributed by atoms with Crippen LogP contribution < -0.4 is 0 Å². The van der Waals surface area contributed by atoms with Crippen molar-refractivity contribution in [1.29, 1.82) is 0 Å². The number of rotatable bonds is 5. The summed E-state index contributed by atoms with van der Waals surface area (Å²) in [5.41, 5.74) is 1.03. The molecule has 0 aromatic heterocycles. The fraction of sp³-hybridized carbons (Fsp3) is 0.500. The average molecular weight is 244 g/mol. The molecular weight excluding hydrogens is 226 g/mol. The summed E-state index contributed by atoms with van der Waals surface area (Å²) < 4.78 is 0. The summed E-state index contributed by atoms with van der Waals surface area (Å²) in [6.45, 7) is 5.66. The van der Waals surface area contributed by atoms with Crippen molar-refractivity contribution in [1.82, 2.24) is 4.90 Å². The molecule has 16 heavy (non-hydrogen) atoms. The van der Waals surface area contributed by atoms with Gasteiger partial charge in [0.15, 0.2) is 0 Å². The molecule has 1 aromatic carbocycles. The summed E-state index contributed by atoms with van der Waals surface area (Å²) in [5, 5.41) is 18.6. The van der Waals surface area contributed by atoms with Crippen LogP contribution in [0.25, 0.3) is 0 Å². The van der Waals surface area contributed by atoms with Crippen LogP contribution in [0.2, 0.25) is 5.02 Å². The Kier molecular flexibility index (Phi) is 5.06. The first-order valence-corrected chi connectivity index (χ1v) is 5.74. The van der Waals surface area contributed by atoms with Gasteiger partial charge in [0.05, 0.1) is 11.6 Å². The van der Waals surface area contributed by atoms with Crippen LogP contribution in [0.5, 0.6) is 5.75 Å². The third kappa shape index (κ3) is 3.67. The van der Waals surface area contributed by atoms with Gasteiger partial charge in [-0.2, -0.15) is 0 Å². The van der Waals surface area contributed by atoms with Gasteiger partial charge in [0.25, 0.3) is 0 Å². The van der Waals surface area contributed by atoms with E-state index in [0.29, 0.717) is 17.6 Å². The third-order valence-corrected chi connectivity index (χ3v) is 2.82. The maximum Gasteiger partial charge on any atom is 0.134 e. The Morgan fingerprint density at radius 2 is 2.06 bits per heavy atom. The number of hydrogen-bond donors (Lipinski definition) is 2. The van der Waals surface area contributed by atoms with Crippen LogP contribution in [-0.2, 0) is 6.54 Å². The average Bonchev–Trinajstić information content (AvgIpc) is 2.22. The van der Waals surface area contributed by atoms with E-state index < -0.39 is 0 Å². The first kappa shape index (κ1) is 13.3. The van der Waals surface area contributed by atoms with Crippen molar-refractivity contribution in [2.75, 3.05) is 13.2 Å². The molecule has 0 radical (unpaired) electrons. The zero-order chi connectivity index (χ0) is 12.1. The lowest BCUT2D eigenvalue weighted by Gasteiger charge is -2.25. The van der Waals surface area contributed by atoms with Crippen LogP contribution >= 0.6 is 11.6 Å². The number of aliphatic hydroxyl groups excluding tert-OH is 1. The molecule has 0 saturated carbocycles. The molecular formula is C12H18ClNO2. The van der Waals surface area contributed by atoms with Crippen LogP contribution in [0.15, 0.2) is 18.2 Å². The molecule has 0 unspecified atom stereocenters. The van der Waals surface area contributed by atoms with Gasteiger partial charge in [-0.3, -0.25) is 4.90 Å². The summed E-state index contributed by atoms with van der Waals surface area (Å²) in [5.74, 6) is 0.101. The van der Waals surface area contributed by atoms with Crippen molar-refractivity contribution in [2.24, 2.45) is 0 Å². The Morgan fingerprint density at radius 3 is 2.56 bits per heavy atom. The van der Waals surface area contributed by atoms with Crippen LogP contribution in [0.3, 0.4) is 0 Å². The minimum absolute atomic E-state index is 0.101. The second-order valence-electron chi connectivity index (χ2n) is 4.07. The molecule has 0 spiro atoms. The van der Waals surface area contributed by atoms with E-state index in [1.807, 2.05) is 6.07 Å². The van der Waals surface area contributed by atoms with Gasteiger partial charge in [0.2, 0.25) is 0 Å². The number of phenolic OH excluding ortho intramolecular Hbond substituents is 1. The van der Waals surface area contributed by atoms with Gasteiger partial charge in [-0.25, -0.2) is 0 Å². The number of halogens is 1. The van der Waals surface area contributed by atoms with E-state index in [-0.39, 0.29) is 12.4 Å². The molecule has 0 aliphatic heterocycles. The van der Waals surface area contributed by atoms with E-state index >= 15 is 0 Å². The number of aromatic hydroxyl groups is 1. The molecule has 0 atom stereocenters. The SMILES string of the molecule is CC(C)N(CCO)Cc1ccc(O)c(Cl)c1. The van der Waals surface area contributed by atoms with E-state index in [0.717, 1.165) is 12.1 Å². The van der Waals surface area contributed by atoms with Gasteiger partial charge in [0, 0.05) is 19.1 Å². The Hall–Kier alpha value is -0.770. The summed E-state index contributed by atoms with van der Waals surface area (Å²) in [4.78, 5) is 2.14. The molecule has 0 saturated heterocycles. The van der Waals surface area contributed by atoms with Crippen molar-refractivity contribution in [3.05, 3.63) is 28.8 Å². The lowest BCUT2D eigenvalue weighted by atomic mass is 10.2. The topological polar surface area (TPSA) is 43.7 Å². The van der Waals surface area contributed by atoms with Gasteiger partial charge >= 0.3 is 0 Å². The highest BCUT2D eigenvalue weighted by molar-refractivity contribution is 6.32. The molecule has 2 N–H and O–H groups in total. The smallest absolute Gasteiger partial charge is 0.134 e. The predicted octanol–water partition coefficient (Wildman–Crippen LogP) is 2.25. The largest absolute Gasteiger partial charge is 0.506 e. The number of aliphatic hydroxyl groups is 1. The Bertz CT molecular complexity index is 342. The molecule has 0 aliphatic carbocycles. The normalized spacial score (nSPS) is 11.4. The van der Waals surface area contributed by atoms with E-state index in [2.05, 4.69) is 18.7 Å². The number of phenols is 1. The van der Waals surface area contributed by atoms with Crippen LogP contribution in [0.1, 0.15) is 19.4 Å². The third-order valence-electron chi connectivity index (χ3n) is 2.52. The molecule has 1 rings (SSSR count). The van der Waals surface area contributed by atoms with Crippen LogP contribution in [0, 0.1) is 0 Å². The number of benzene rings is 1. The molecule has 0 bridgehead atoms. The minimum Gasteiger partial charge on any atom is -0.506 e. The predicted molar refractivity (Wildman–Crippen MR) is 65.7 cm³/mol. The van der Waals surface area contributed by atoms with Gasteiger partial charge in [-0.1, -0.05) is 17.7 Å². The highest BCUT2D eigenvalue weighted by atomic mass is 35.5. The highest BCUT2D eigenvalue weighted by Crippen LogP contribution is 2.24. The van der Waals surface area contributed by atoms with Crippen LogP contribution in [-0.4, -0.2) is 34.3 Å². The summed E-state index contributed by atoms with van der Waals surface area (Å²) in [6, 6.07) is 5.55. The van der Waals surface area contributed by atoms with E-state index in [1.54, 1.807) is 12.1 Å². The van der Waals surface area contributed by atoms with Gasteiger partial charge in [-0.05, 0) is 31.5 Å². The zero-order valence-electron chi connectivity index (χ0n) is 9.65. The molecule has 1 aromatic rings. The van der Waals surface area contributed by atoms with Crippen LogP contribution in [0.4, 0.5) is 0 Å². The summed E-state index contributed by atoms with van der Waals surface area (Å²) >= 11 is 5.84. The first-order chi connectivity index (χ1) is 7.54. The lowest BCUT2D eigenvalue weighted by molar-refractivity contribution is 0.159. The molecule has 0 amide bonds. The fourth-order valence-corrected chi connectivity index (χ4v) is 1.73. The minimum atomic E-state index is 0.101. The molecule has 0 heterocycles. The van der Waals surface area contributed by atoms with E-state index in [1.165, 1.54) is 0 Å². The van der Waals surface area contributed by atoms with Gasteiger partial charge in [-0.15, -0.1) is 0 Å². The lowest BCUT2D eigenvalue weighted by Crippen LogP contribution is -2.32. The molecule has 90 valence electrons. The summed E-state index contributed by atoms with van der Waals surface area (Å²) in [7, 11) is 0.